The second-order valence-corrected chi connectivity index (χ2v) is 11.0. The van der Waals surface area contributed by atoms with Crippen molar-refractivity contribution in [2.24, 2.45) is 9.98 Å². The first-order valence-electron chi connectivity index (χ1n) is 15.9. The Labute approximate surface area is 298 Å². The van der Waals surface area contributed by atoms with Gasteiger partial charge >= 0.3 is 0 Å². The minimum atomic E-state index is 0. The van der Waals surface area contributed by atoms with Gasteiger partial charge in [-0.25, -0.2) is 4.98 Å². The molecule has 1 radical (unpaired) electrons. The quantitative estimate of drug-likeness (QED) is 0.209. The van der Waals surface area contributed by atoms with Crippen molar-refractivity contribution in [3.05, 3.63) is 87.2 Å². The third kappa shape index (κ3) is 13.4. The summed E-state index contributed by atoms with van der Waals surface area (Å²) in [5, 5.41) is 0. The van der Waals surface area contributed by atoms with Crippen LogP contribution in [0.1, 0.15) is 125 Å². The maximum atomic E-state index is 5.05. The maximum Gasteiger partial charge on any atom is 0.0820 e. The number of halogens is 3. The van der Waals surface area contributed by atoms with Crippen molar-refractivity contribution >= 4 is 23.8 Å². The van der Waals surface area contributed by atoms with Gasteiger partial charge in [-0.3, -0.25) is 9.98 Å². The smallest absolute Gasteiger partial charge is 0.0820 e. The summed E-state index contributed by atoms with van der Waals surface area (Å²) in [5.74, 6) is 0. The van der Waals surface area contributed by atoms with E-state index in [1.54, 1.807) is 0 Å². The average molecular weight is 695 g/mol. The predicted octanol–water partition coefficient (Wildman–Crippen LogP) is 1.31. The van der Waals surface area contributed by atoms with Gasteiger partial charge in [0.2, 0.25) is 0 Å². The monoisotopic (exact) mass is 693 g/mol. The van der Waals surface area contributed by atoms with Crippen molar-refractivity contribution in [2.75, 3.05) is 0 Å². The van der Waals surface area contributed by atoms with Gasteiger partial charge in [-0.2, -0.15) is 0 Å². The Morgan fingerprint density at radius 1 is 0.500 bits per heavy atom. The first-order valence-corrected chi connectivity index (χ1v) is 15.9. The molecule has 2 aromatic carbocycles. The van der Waals surface area contributed by atoms with Gasteiger partial charge in [-0.15, -0.1) is 0 Å². The Bertz CT molecular complexity index is 1140. The predicted molar refractivity (Wildman–Crippen MR) is 176 cm³/mol. The molecule has 3 aromatic rings. The van der Waals surface area contributed by atoms with Crippen LogP contribution in [0.15, 0.2) is 52.4 Å². The first-order chi connectivity index (χ1) is 19.6. The molecular formula is C37H51Cl3N3V-3. The van der Waals surface area contributed by atoms with E-state index in [-0.39, 0.29) is 55.8 Å². The first kappa shape index (κ1) is 44.5. The maximum absolute atomic E-state index is 5.05. The summed E-state index contributed by atoms with van der Waals surface area (Å²) in [7, 11) is 0. The van der Waals surface area contributed by atoms with Crippen LogP contribution in [0.4, 0.5) is 11.4 Å². The molecule has 0 N–H and O–H groups in total. The third-order valence-corrected chi connectivity index (χ3v) is 7.25. The van der Waals surface area contributed by atoms with E-state index in [1.807, 2.05) is 24.6 Å². The van der Waals surface area contributed by atoms with Crippen LogP contribution in [-0.4, -0.2) is 17.4 Å². The van der Waals surface area contributed by atoms with Crippen LogP contribution in [0.25, 0.3) is 0 Å². The van der Waals surface area contributed by atoms with Crippen LogP contribution in [0, 0.1) is 0 Å². The van der Waals surface area contributed by atoms with Crippen molar-refractivity contribution < 1.29 is 55.8 Å². The molecule has 0 atom stereocenters. The zero-order valence-corrected chi connectivity index (χ0v) is 31.3. The fourth-order valence-corrected chi connectivity index (χ4v) is 5.58. The zero-order valence-electron chi connectivity index (χ0n) is 27.6. The van der Waals surface area contributed by atoms with E-state index in [4.69, 9.17) is 15.0 Å². The van der Waals surface area contributed by atoms with E-state index >= 15 is 0 Å². The molecule has 243 valence electrons. The van der Waals surface area contributed by atoms with E-state index in [0.717, 1.165) is 87.0 Å². The molecule has 0 bridgehead atoms. The van der Waals surface area contributed by atoms with Crippen LogP contribution in [0.2, 0.25) is 0 Å². The Hall–Kier alpha value is -1.62. The summed E-state index contributed by atoms with van der Waals surface area (Å²) in [6.07, 6.45) is 17.2. The number of aromatic nitrogens is 1. The Morgan fingerprint density at radius 3 is 1.07 bits per heavy atom. The molecule has 0 saturated heterocycles. The van der Waals surface area contributed by atoms with Crippen molar-refractivity contribution in [1.29, 1.82) is 0 Å². The second-order valence-electron chi connectivity index (χ2n) is 11.0. The molecule has 0 saturated carbocycles. The van der Waals surface area contributed by atoms with E-state index in [9.17, 15) is 0 Å². The number of benzene rings is 2. The van der Waals surface area contributed by atoms with Gasteiger partial charge in [0.05, 0.1) is 35.2 Å². The molecule has 0 amide bonds. The molecule has 44 heavy (non-hydrogen) atoms. The molecule has 0 aliphatic rings. The minimum absolute atomic E-state index is 0. The number of pyridine rings is 1. The van der Waals surface area contributed by atoms with E-state index < -0.39 is 0 Å². The minimum Gasteiger partial charge on any atom is -1.00 e. The molecule has 0 aliphatic heterocycles. The fraction of sp³-hybridized carbons (Fsp3) is 0.486. The zero-order chi connectivity index (χ0) is 28.7. The fourth-order valence-electron chi connectivity index (χ4n) is 5.58. The van der Waals surface area contributed by atoms with Gasteiger partial charge in [0.25, 0.3) is 0 Å². The molecule has 7 heteroatoms. The van der Waals surface area contributed by atoms with E-state index in [2.05, 4.69) is 71.9 Å². The third-order valence-electron chi connectivity index (χ3n) is 7.25. The normalized spacial score (nSPS) is 10.7. The summed E-state index contributed by atoms with van der Waals surface area (Å²) in [6, 6.07) is 15.6. The molecule has 3 nitrogen and oxygen atoms in total. The number of aliphatic imine (C=N–C) groups is 2. The van der Waals surface area contributed by atoms with E-state index in [1.165, 1.54) is 46.2 Å². The number of nitrogens with zero attached hydrogens (tertiary/aromatic N) is 3. The van der Waals surface area contributed by atoms with Gasteiger partial charge < -0.3 is 37.2 Å². The molecule has 1 aromatic heterocycles. The summed E-state index contributed by atoms with van der Waals surface area (Å²) in [4.78, 5) is 15.0. The Balaban J connectivity index is 0. The van der Waals surface area contributed by atoms with Gasteiger partial charge in [0, 0.05) is 18.6 Å². The van der Waals surface area contributed by atoms with Crippen molar-refractivity contribution in [3.63, 3.8) is 0 Å². The second kappa shape index (κ2) is 24.6. The molecular weight excluding hydrogens is 644 g/mol. The van der Waals surface area contributed by atoms with Crippen LogP contribution in [0.3, 0.4) is 0 Å². The largest absolute Gasteiger partial charge is 1.00 e. The van der Waals surface area contributed by atoms with Crippen LogP contribution >= 0.6 is 0 Å². The van der Waals surface area contributed by atoms with E-state index in [0.29, 0.717) is 0 Å². The Kier molecular flexibility index (Phi) is 24.9. The molecule has 0 fully saturated rings. The van der Waals surface area contributed by atoms with Gasteiger partial charge in [-0.1, -0.05) is 110 Å². The number of hydrogen-bond donors (Lipinski definition) is 0. The van der Waals surface area contributed by atoms with Crippen molar-refractivity contribution in [2.45, 2.75) is 119 Å². The number of hydrogen-bond acceptors (Lipinski definition) is 3. The number of aryl methyl sites for hydroxylation is 6. The average Bonchev–Trinajstić information content (AvgIpc) is 2.93. The van der Waals surface area contributed by atoms with Crippen molar-refractivity contribution in [3.8, 4) is 0 Å². The molecule has 0 spiro atoms. The summed E-state index contributed by atoms with van der Waals surface area (Å²) in [5.41, 5.74) is 12.4. The van der Waals surface area contributed by atoms with Gasteiger partial charge in [-0.05, 0) is 84.0 Å². The molecule has 1 heterocycles. The van der Waals surface area contributed by atoms with Crippen molar-refractivity contribution in [1.82, 2.24) is 4.98 Å². The topological polar surface area (TPSA) is 37.6 Å². The van der Waals surface area contributed by atoms with Gasteiger partial charge in [0.1, 0.15) is 0 Å². The Morgan fingerprint density at radius 2 is 0.795 bits per heavy atom. The summed E-state index contributed by atoms with van der Waals surface area (Å²) >= 11 is 0. The molecule has 3 rings (SSSR count). The summed E-state index contributed by atoms with van der Waals surface area (Å²) < 4.78 is 0. The molecule has 0 aliphatic carbocycles. The van der Waals surface area contributed by atoms with Crippen LogP contribution in [0.5, 0.6) is 0 Å². The molecule has 0 unspecified atom stereocenters. The van der Waals surface area contributed by atoms with Crippen LogP contribution < -0.4 is 37.2 Å². The van der Waals surface area contributed by atoms with Crippen LogP contribution in [-0.2, 0) is 57.1 Å². The standard InChI is InChI=1S/C37H51N3.3ClH.V/c1-7-14-28-22-30(16-9-3)36(31(23-28)17-10-4)38-26-34-20-13-21-35(40-34)27-39-37-32(18-11-5)24-29(15-8-2)25-33(37)19-12-6;;;;/h13,20-27H,7-12,14-19H2,1-6H3;3*1H;/p-3. The van der Waals surface area contributed by atoms with Gasteiger partial charge in [0.15, 0.2) is 0 Å². The summed E-state index contributed by atoms with van der Waals surface area (Å²) in [6.45, 7) is 13.5. The number of rotatable bonds is 16. The SMILES string of the molecule is CCCc1cc(CCC)c(N=Cc2cccc(C=Nc3c(CCC)cc(CCC)cc3CCC)n2)c(CCC)c1.[Cl-].[Cl-].[Cl-].[V].